The summed E-state index contributed by atoms with van der Waals surface area (Å²) in [5.41, 5.74) is 5.77. The standard InChI is InChI=1S/C11H18N4O2S/c1-4-15(5-9(16)13-7(2)3)10(17)8-6-18-11(12)14-8/h6-7H,4-5H2,1-3H3,(H2,12,14)(H,13,16). The molecule has 3 N–H and O–H groups in total. The number of nitrogens with zero attached hydrogens (tertiary/aromatic N) is 2. The molecule has 0 aliphatic rings. The quantitative estimate of drug-likeness (QED) is 0.825. The Morgan fingerprint density at radius 3 is 2.67 bits per heavy atom. The molecule has 6 nitrogen and oxygen atoms in total. The van der Waals surface area contributed by atoms with Gasteiger partial charge in [-0.05, 0) is 20.8 Å². The highest BCUT2D eigenvalue weighted by Gasteiger charge is 2.19. The second-order valence-corrected chi connectivity index (χ2v) is 5.00. The number of anilines is 1. The van der Waals surface area contributed by atoms with Gasteiger partial charge in [0.25, 0.3) is 5.91 Å². The van der Waals surface area contributed by atoms with Gasteiger partial charge in [0.2, 0.25) is 5.91 Å². The molecule has 2 amide bonds. The van der Waals surface area contributed by atoms with E-state index < -0.39 is 0 Å². The van der Waals surface area contributed by atoms with Crippen LogP contribution in [-0.4, -0.2) is 40.8 Å². The van der Waals surface area contributed by atoms with Crippen molar-refractivity contribution in [3.8, 4) is 0 Å². The number of hydrogen-bond donors (Lipinski definition) is 2. The number of aromatic nitrogens is 1. The zero-order valence-electron chi connectivity index (χ0n) is 10.8. The number of nitrogen functional groups attached to an aromatic ring is 1. The first-order valence-electron chi connectivity index (χ1n) is 5.73. The van der Waals surface area contributed by atoms with Crippen LogP contribution in [0.1, 0.15) is 31.3 Å². The molecular formula is C11H18N4O2S. The van der Waals surface area contributed by atoms with E-state index >= 15 is 0 Å². The Kier molecular flexibility index (Phi) is 5.08. The zero-order valence-corrected chi connectivity index (χ0v) is 11.6. The highest BCUT2D eigenvalue weighted by molar-refractivity contribution is 7.13. The van der Waals surface area contributed by atoms with Crippen LogP contribution in [0.15, 0.2) is 5.38 Å². The lowest BCUT2D eigenvalue weighted by atomic mass is 10.3. The third-order valence-corrected chi connectivity index (χ3v) is 2.87. The Morgan fingerprint density at radius 1 is 1.56 bits per heavy atom. The van der Waals surface area contributed by atoms with Gasteiger partial charge in [-0.25, -0.2) is 4.98 Å². The van der Waals surface area contributed by atoms with Crippen molar-refractivity contribution in [2.45, 2.75) is 26.8 Å². The Hall–Kier alpha value is -1.63. The summed E-state index contributed by atoms with van der Waals surface area (Å²) in [5.74, 6) is -0.451. The molecule has 7 heteroatoms. The van der Waals surface area contributed by atoms with Crippen molar-refractivity contribution in [2.75, 3.05) is 18.8 Å². The van der Waals surface area contributed by atoms with Crippen molar-refractivity contribution in [3.63, 3.8) is 0 Å². The Morgan fingerprint density at radius 2 is 2.22 bits per heavy atom. The molecule has 0 aliphatic carbocycles. The summed E-state index contributed by atoms with van der Waals surface area (Å²) < 4.78 is 0. The van der Waals surface area contributed by atoms with Crippen molar-refractivity contribution in [3.05, 3.63) is 11.1 Å². The topological polar surface area (TPSA) is 88.3 Å². The van der Waals surface area contributed by atoms with E-state index in [9.17, 15) is 9.59 Å². The molecule has 18 heavy (non-hydrogen) atoms. The van der Waals surface area contributed by atoms with Gasteiger partial charge in [-0.2, -0.15) is 0 Å². The second-order valence-electron chi connectivity index (χ2n) is 4.11. The number of amides is 2. The van der Waals surface area contributed by atoms with Crippen LogP contribution in [0, 0.1) is 0 Å². The van der Waals surface area contributed by atoms with Crippen LogP contribution in [0.3, 0.4) is 0 Å². The largest absolute Gasteiger partial charge is 0.375 e. The van der Waals surface area contributed by atoms with Crippen molar-refractivity contribution in [1.82, 2.24) is 15.2 Å². The molecule has 0 aromatic carbocycles. The summed E-state index contributed by atoms with van der Waals surface area (Å²) >= 11 is 1.21. The molecule has 0 radical (unpaired) electrons. The molecule has 100 valence electrons. The van der Waals surface area contributed by atoms with Crippen molar-refractivity contribution in [1.29, 1.82) is 0 Å². The number of thiazole rings is 1. The normalized spacial score (nSPS) is 10.4. The Balaban J connectivity index is 2.66. The molecule has 1 aromatic rings. The molecule has 1 rings (SSSR count). The lowest BCUT2D eigenvalue weighted by Gasteiger charge is -2.20. The van der Waals surface area contributed by atoms with Gasteiger partial charge < -0.3 is 16.0 Å². The molecule has 0 atom stereocenters. The van der Waals surface area contributed by atoms with Gasteiger partial charge in [0.15, 0.2) is 5.13 Å². The van der Waals surface area contributed by atoms with Crippen molar-refractivity contribution >= 4 is 28.3 Å². The van der Waals surface area contributed by atoms with E-state index in [-0.39, 0.29) is 30.1 Å². The first-order chi connectivity index (χ1) is 8.43. The predicted molar refractivity (Wildman–Crippen MR) is 71.4 cm³/mol. The number of carbonyl (C=O) groups is 2. The number of rotatable bonds is 5. The molecular weight excluding hydrogens is 252 g/mol. The van der Waals surface area contributed by atoms with Crippen molar-refractivity contribution < 1.29 is 9.59 Å². The highest BCUT2D eigenvalue weighted by Crippen LogP contribution is 2.12. The maximum absolute atomic E-state index is 12.0. The average molecular weight is 270 g/mol. The van der Waals surface area contributed by atoms with Gasteiger partial charge in [-0.1, -0.05) is 0 Å². The maximum Gasteiger partial charge on any atom is 0.273 e. The molecule has 0 saturated carbocycles. The minimum absolute atomic E-state index is 0.0327. The monoisotopic (exact) mass is 270 g/mol. The summed E-state index contributed by atoms with van der Waals surface area (Å²) in [7, 11) is 0. The minimum Gasteiger partial charge on any atom is -0.375 e. The lowest BCUT2D eigenvalue weighted by Crippen LogP contribution is -2.42. The first-order valence-corrected chi connectivity index (χ1v) is 6.61. The van der Waals surface area contributed by atoms with Crippen LogP contribution in [0.2, 0.25) is 0 Å². The fourth-order valence-corrected chi connectivity index (χ4v) is 1.95. The summed E-state index contributed by atoms with van der Waals surface area (Å²) in [6.07, 6.45) is 0. The van der Waals surface area contributed by atoms with E-state index in [1.165, 1.54) is 16.2 Å². The highest BCUT2D eigenvalue weighted by atomic mass is 32.1. The summed E-state index contributed by atoms with van der Waals surface area (Å²) in [4.78, 5) is 29.0. The van der Waals surface area contributed by atoms with E-state index in [1.54, 1.807) is 5.38 Å². The van der Waals surface area contributed by atoms with Gasteiger partial charge in [-0.3, -0.25) is 9.59 Å². The Bertz CT molecular complexity index is 430. The van der Waals surface area contributed by atoms with Gasteiger partial charge in [0.1, 0.15) is 5.69 Å². The van der Waals surface area contributed by atoms with Gasteiger partial charge in [0.05, 0.1) is 6.54 Å². The zero-order chi connectivity index (χ0) is 13.7. The molecule has 1 aromatic heterocycles. The summed E-state index contributed by atoms with van der Waals surface area (Å²) in [5, 5.41) is 4.69. The number of nitrogens with two attached hydrogens (primary N) is 1. The molecule has 0 unspecified atom stereocenters. The summed E-state index contributed by atoms with van der Waals surface area (Å²) in [6.45, 7) is 6.04. The van der Waals surface area contributed by atoms with Gasteiger partial charge in [-0.15, -0.1) is 11.3 Å². The molecule has 0 saturated heterocycles. The maximum atomic E-state index is 12.0. The van der Waals surface area contributed by atoms with Gasteiger partial charge >= 0.3 is 0 Å². The van der Waals surface area contributed by atoms with E-state index in [1.807, 2.05) is 20.8 Å². The molecule has 0 fully saturated rings. The third-order valence-electron chi connectivity index (χ3n) is 2.19. The van der Waals surface area contributed by atoms with Crippen LogP contribution in [0.4, 0.5) is 5.13 Å². The number of hydrogen-bond acceptors (Lipinski definition) is 5. The SMILES string of the molecule is CCN(CC(=O)NC(C)C)C(=O)c1csc(N)n1. The molecule has 0 spiro atoms. The smallest absolute Gasteiger partial charge is 0.273 e. The third kappa shape index (κ3) is 3.99. The van der Waals surface area contributed by atoms with E-state index in [0.717, 1.165) is 0 Å². The fourth-order valence-electron chi connectivity index (χ4n) is 1.42. The average Bonchev–Trinajstić information content (AvgIpc) is 2.70. The van der Waals surface area contributed by atoms with Crippen LogP contribution >= 0.6 is 11.3 Å². The number of likely N-dealkylation sites (N-methyl/N-ethyl adjacent to an activating group) is 1. The predicted octanol–water partition coefficient (Wildman–Crippen LogP) is 0.712. The first kappa shape index (κ1) is 14.4. The molecule has 0 aliphatic heterocycles. The fraction of sp³-hybridized carbons (Fsp3) is 0.545. The van der Waals surface area contributed by atoms with Crippen molar-refractivity contribution in [2.24, 2.45) is 0 Å². The minimum atomic E-state index is -0.274. The number of nitrogens with one attached hydrogen (secondary N) is 1. The second kappa shape index (κ2) is 6.34. The van der Waals surface area contributed by atoms with Crippen LogP contribution < -0.4 is 11.1 Å². The van der Waals surface area contributed by atoms with E-state index in [4.69, 9.17) is 5.73 Å². The molecule has 1 heterocycles. The molecule has 0 bridgehead atoms. The van der Waals surface area contributed by atoms with Crippen LogP contribution in [0.25, 0.3) is 0 Å². The Labute approximate surface area is 110 Å². The number of carbonyl (C=O) groups excluding carboxylic acids is 2. The lowest BCUT2D eigenvalue weighted by molar-refractivity contribution is -0.122. The van der Waals surface area contributed by atoms with Crippen LogP contribution in [0.5, 0.6) is 0 Å². The van der Waals surface area contributed by atoms with E-state index in [2.05, 4.69) is 10.3 Å². The van der Waals surface area contributed by atoms with Gasteiger partial charge in [0, 0.05) is 18.0 Å². The van der Waals surface area contributed by atoms with E-state index in [0.29, 0.717) is 11.7 Å². The van der Waals surface area contributed by atoms with Crippen LogP contribution in [-0.2, 0) is 4.79 Å². The summed E-state index contributed by atoms with van der Waals surface area (Å²) in [6, 6.07) is 0.0567.